The van der Waals surface area contributed by atoms with Crippen molar-refractivity contribution in [1.29, 1.82) is 0 Å². The number of nitrogens with zero attached hydrogens (tertiary/aromatic N) is 1. The topological polar surface area (TPSA) is 32.3 Å². The van der Waals surface area contributed by atoms with E-state index in [0.29, 0.717) is 11.8 Å². The molecule has 0 amide bonds. The van der Waals surface area contributed by atoms with E-state index >= 15 is 0 Å². The summed E-state index contributed by atoms with van der Waals surface area (Å²) in [6.45, 7) is 4.06. The highest BCUT2D eigenvalue weighted by Gasteiger charge is 2.15. The lowest BCUT2D eigenvalue weighted by molar-refractivity contribution is 0.587. The van der Waals surface area contributed by atoms with Gasteiger partial charge in [0.2, 0.25) is 0 Å². The lowest BCUT2D eigenvalue weighted by atomic mass is 10.1. The Balaban J connectivity index is 1.93. The summed E-state index contributed by atoms with van der Waals surface area (Å²) < 4.78 is 11.1. The van der Waals surface area contributed by atoms with Crippen molar-refractivity contribution in [3.05, 3.63) is 29.3 Å². The van der Waals surface area contributed by atoms with Gasteiger partial charge in [0.05, 0.1) is 0 Å². The number of anilines is 1. The van der Waals surface area contributed by atoms with Gasteiger partial charge < -0.3 is 10.2 Å². The number of benzene rings is 1. The van der Waals surface area contributed by atoms with E-state index in [0.717, 1.165) is 19.5 Å². The van der Waals surface area contributed by atoms with Crippen molar-refractivity contribution in [3.63, 3.8) is 0 Å². The molecule has 0 aliphatic carbocycles. The number of hydrogen-bond acceptors (Lipinski definition) is 3. The van der Waals surface area contributed by atoms with Crippen molar-refractivity contribution >= 4 is 16.5 Å². The zero-order chi connectivity index (χ0) is 13.1. The first kappa shape index (κ1) is 13.6. The van der Waals surface area contributed by atoms with Gasteiger partial charge in [0.1, 0.15) is 0 Å². The van der Waals surface area contributed by atoms with E-state index < -0.39 is 10.8 Å². The minimum Gasteiger partial charge on any atom is -0.374 e. The smallest absolute Gasteiger partial charge is 0.0397 e. The third-order valence-electron chi connectivity index (χ3n) is 3.41. The molecule has 1 aromatic carbocycles. The Morgan fingerprint density at radius 1 is 1.50 bits per heavy atom. The van der Waals surface area contributed by atoms with E-state index in [-0.39, 0.29) is 0 Å². The zero-order valence-electron chi connectivity index (χ0n) is 11.4. The fraction of sp³-hybridized carbons (Fsp3) is 0.571. The molecule has 2 rings (SSSR count). The van der Waals surface area contributed by atoms with Crippen LogP contribution in [0.5, 0.6) is 0 Å². The summed E-state index contributed by atoms with van der Waals surface area (Å²) in [4.78, 5) is 2.30. The van der Waals surface area contributed by atoms with Gasteiger partial charge in [-0.25, -0.2) is 0 Å². The van der Waals surface area contributed by atoms with Crippen molar-refractivity contribution in [2.45, 2.75) is 25.9 Å². The van der Waals surface area contributed by atoms with Gasteiger partial charge in [0.25, 0.3) is 0 Å². The van der Waals surface area contributed by atoms with Gasteiger partial charge in [-0.1, -0.05) is 12.1 Å². The highest BCUT2D eigenvalue weighted by Crippen LogP contribution is 2.27. The lowest BCUT2D eigenvalue weighted by Gasteiger charge is -2.14. The molecule has 1 N–H and O–H groups in total. The summed E-state index contributed by atoms with van der Waals surface area (Å²) in [6, 6.07) is 6.99. The third-order valence-corrected chi connectivity index (χ3v) is 4.38. The highest BCUT2D eigenvalue weighted by atomic mass is 32.2. The second-order valence-electron chi connectivity index (χ2n) is 5.16. The SMILES string of the molecule is CC(CS(C)=O)NCc1ccc2c(c1)CCN2C. The largest absolute Gasteiger partial charge is 0.374 e. The Morgan fingerprint density at radius 3 is 3.00 bits per heavy atom. The molecule has 0 bridgehead atoms. The van der Waals surface area contributed by atoms with E-state index in [1.807, 2.05) is 0 Å². The Kier molecular flexibility index (Phi) is 4.40. The quantitative estimate of drug-likeness (QED) is 0.877. The summed E-state index contributed by atoms with van der Waals surface area (Å²) in [5, 5.41) is 3.43. The minimum absolute atomic E-state index is 0.298. The van der Waals surface area contributed by atoms with Crippen LogP contribution in [-0.2, 0) is 23.8 Å². The highest BCUT2D eigenvalue weighted by molar-refractivity contribution is 7.84. The van der Waals surface area contributed by atoms with Crippen LogP contribution >= 0.6 is 0 Å². The van der Waals surface area contributed by atoms with Crippen LogP contribution in [0.2, 0.25) is 0 Å². The van der Waals surface area contributed by atoms with Gasteiger partial charge >= 0.3 is 0 Å². The van der Waals surface area contributed by atoms with Gasteiger partial charge in [-0.15, -0.1) is 0 Å². The standard InChI is InChI=1S/C14H22N2OS/c1-11(10-18(3)17)15-9-12-4-5-14-13(8-12)6-7-16(14)2/h4-5,8,11,15H,6-7,9-10H2,1-3H3. The molecule has 0 radical (unpaired) electrons. The average molecular weight is 266 g/mol. The summed E-state index contributed by atoms with van der Waals surface area (Å²) in [5.74, 6) is 0.716. The minimum atomic E-state index is -0.727. The third kappa shape index (κ3) is 3.33. The average Bonchev–Trinajstić information content (AvgIpc) is 2.67. The van der Waals surface area contributed by atoms with Crippen molar-refractivity contribution in [1.82, 2.24) is 5.32 Å². The monoisotopic (exact) mass is 266 g/mol. The number of nitrogens with one attached hydrogen (secondary N) is 1. The first-order valence-electron chi connectivity index (χ1n) is 6.42. The van der Waals surface area contributed by atoms with Crippen LogP contribution < -0.4 is 10.2 Å². The maximum absolute atomic E-state index is 11.1. The Labute approximate surface area is 112 Å². The number of likely N-dealkylation sites (N-methyl/N-ethyl adjacent to an activating group) is 1. The number of rotatable bonds is 5. The Morgan fingerprint density at radius 2 is 2.28 bits per heavy atom. The van der Waals surface area contributed by atoms with Crippen LogP contribution in [0, 0.1) is 0 Å². The summed E-state index contributed by atoms with van der Waals surface area (Å²) in [6.07, 6.45) is 2.90. The van der Waals surface area contributed by atoms with Crippen molar-refractivity contribution in [3.8, 4) is 0 Å². The van der Waals surface area contributed by atoms with E-state index in [9.17, 15) is 4.21 Å². The predicted octanol–water partition coefficient (Wildman–Crippen LogP) is 1.54. The molecule has 100 valence electrons. The van der Waals surface area contributed by atoms with Crippen LogP contribution in [0.25, 0.3) is 0 Å². The van der Waals surface area contributed by atoms with Gasteiger partial charge in [0, 0.05) is 54.7 Å². The molecule has 1 aliphatic heterocycles. The molecule has 18 heavy (non-hydrogen) atoms. The number of hydrogen-bond donors (Lipinski definition) is 1. The molecular weight excluding hydrogens is 244 g/mol. The van der Waals surface area contributed by atoms with Crippen LogP contribution in [0.1, 0.15) is 18.1 Å². The second kappa shape index (κ2) is 5.85. The molecule has 1 aliphatic rings. The maximum Gasteiger partial charge on any atom is 0.0397 e. The molecule has 0 spiro atoms. The summed E-state index contributed by atoms with van der Waals surface area (Å²) in [5.41, 5.74) is 4.13. The van der Waals surface area contributed by atoms with Crippen LogP contribution in [0.15, 0.2) is 18.2 Å². The van der Waals surface area contributed by atoms with Crippen molar-refractivity contribution < 1.29 is 4.21 Å². The zero-order valence-corrected chi connectivity index (χ0v) is 12.2. The summed E-state index contributed by atoms with van der Waals surface area (Å²) >= 11 is 0. The van der Waals surface area contributed by atoms with Crippen LogP contribution in [0.4, 0.5) is 5.69 Å². The molecule has 0 aromatic heterocycles. The molecule has 0 fully saturated rings. The fourth-order valence-electron chi connectivity index (χ4n) is 2.43. The van der Waals surface area contributed by atoms with E-state index in [1.165, 1.54) is 16.8 Å². The fourth-order valence-corrected chi connectivity index (χ4v) is 3.26. The van der Waals surface area contributed by atoms with Gasteiger partial charge in [-0.05, 0) is 30.5 Å². The van der Waals surface area contributed by atoms with Crippen LogP contribution in [-0.4, -0.2) is 35.9 Å². The molecule has 1 aromatic rings. The number of fused-ring (bicyclic) bond motifs is 1. The maximum atomic E-state index is 11.1. The molecular formula is C14H22N2OS. The molecule has 1 heterocycles. The van der Waals surface area contributed by atoms with E-state index in [1.54, 1.807) is 6.26 Å². The first-order valence-corrected chi connectivity index (χ1v) is 8.15. The Bertz CT molecular complexity index is 447. The van der Waals surface area contributed by atoms with E-state index in [2.05, 4.69) is 42.4 Å². The second-order valence-corrected chi connectivity index (χ2v) is 6.64. The van der Waals surface area contributed by atoms with Crippen molar-refractivity contribution in [2.75, 3.05) is 30.5 Å². The molecule has 0 saturated heterocycles. The molecule has 2 unspecified atom stereocenters. The van der Waals surface area contributed by atoms with Crippen molar-refractivity contribution in [2.24, 2.45) is 0 Å². The first-order chi connectivity index (χ1) is 8.56. The Hall–Kier alpha value is -0.870. The molecule has 3 nitrogen and oxygen atoms in total. The predicted molar refractivity (Wildman–Crippen MR) is 78.7 cm³/mol. The lowest BCUT2D eigenvalue weighted by Crippen LogP contribution is -2.30. The van der Waals surface area contributed by atoms with Gasteiger partial charge in [0.15, 0.2) is 0 Å². The van der Waals surface area contributed by atoms with Crippen LogP contribution in [0.3, 0.4) is 0 Å². The molecule has 4 heteroatoms. The molecule has 2 atom stereocenters. The van der Waals surface area contributed by atoms with Gasteiger partial charge in [-0.2, -0.15) is 0 Å². The summed E-state index contributed by atoms with van der Waals surface area (Å²) in [7, 11) is 1.41. The molecule has 0 saturated carbocycles. The van der Waals surface area contributed by atoms with Gasteiger partial charge in [-0.3, -0.25) is 4.21 Å². The normalized spacial score (nSPS) is 17.6. The van der Waals surface area contributed by atoms with E-state index in [4.69, 9.17) is 0 Å².